The number of ether oxygens (including phenoxy) is 2. The highest BCUT2D eigenvalue weighted by atomic mass is 31.2. The fourth-order valence-corrected chi connectivity index (χ4v) is 7.90. The maximum Gasteiger partial charge on any atom is 0.469 e. The third-order valence-electron chi connectivity index (χ3n) is 11.6. The van der Waals surface area contributed by atoms with Gasteiger partial charge in [0.2, 0.25) is 0 Å². The van der Waals surface area contributed by atoms with Gasteiger partial charge >= 0.3 is 19.8 Å². The minimum atomic E-state index is -4.75. The number of hydrogen-bond donors (Lipinski definition) is 2. The number of carbonyl (C=O) groups is 2. The summed E-state index contributed by atoms with van der Waals surface area (Å²) in [6, 6.07) is 0. The summed E-state index contributed by atoms with van der Waals surface area (Å²) in [5, 5.41) is 0. The number of phosphoric ester groups is 1. The Bertz CT molecular complexity index is 922. The van der Waals surface area contributed by atoms with Crippen molar-refractivity contribution >= 4 is 19.8 Å². The van der Waals surface area contributed by atoms with Gasteiger partial charge in [0, 0.05) is 12.8 Å². The molecule has 2 N–H and O–H groups in total. The first-order valence-corrected chi connectivity index (χ1v) is 26.1. The second-order valence-corrected chi connectivity index (χ2v) is 19.1. The molecule has 0 fully saturated rings. The van der Waals surface area contributed by atoms with Gasteiger partial charge in [-0.1, -0.05) is 240 Å². The quantitative estimate of drug-likeness (QED) is 0.0354. The summed E-state index contributed by atoms with van der Waals surface area (Å²) >= 11 is 0. The van der Waals surface area contributed by atoms with Crippen molar-refractivity contribution in [2.45, 2.75) is 271 Å². The minimum absolute atomic E-state index is 0.219. The lowest BCUT2D eigenvalue weighted by atomic mass is 9.99. The monoisotopic (exact) mass is 831 g/mol. The SMILES string of the molecule is CCC(C)CCCCCCCCCCCCCCCCCCCCC(=O)OC[C@H](COP(=O)(O)O)OC(=O)CCCCCCCCCCCCCCCCC(C)C. The van der Waals surface area contributed by atoms with E-state index in [0.717, 1.165) is 43.9 Å². The smallest absolute Gasteiger partial charge is 0.462 e. The molecule has 8 nitrogen and oxygen atoms in total. The van der Waals surface area contributed by atoms with Crippen molar-refractivity contribution in [1.82, 2.24) is 0 Å². The molecule has 1 unspecified atom stereocenters. The summed E-state index contributed by atoms with van der Waals surface area (Å²) in [5.41, 5.74) is 0. The molecule has 0 spiro atoms. The average Bonchev–Trinajstić information content (AvgIpc) is 3.17. The Labute approximate surface area is 353 Å². The molecule has 0 aromatic carbocycles. The fourth-order valence-electron chi connectivity index (χ4n) is 7.54. The lowest BCUT2D eigenvalue weighted by Gasteiger charge is -2.18. The van der Waals surface area contributed by atoms with Gasteiger partial charge in [-0.3, -0.25) is 14.1 Å². The van der Waals surface area contributed by atoms with E-state index in [9.17, 15) is 14.2 Å². The zero-order valence-electron chi connectivity index (χ0n) is 38.1. The fraction of sp³-hybridized carbons (Fsp3) is 0.958. The first-order valence-electron chi connectivity index (χ1n) is 24.6. The summed E-state index contributed by atoms with van der Waals surface area (Å²) in [7, 11) is -4.75. The molecule has 0 heterocycles. The lowest BCUT2D eigenvalue weighted by molar-refractivity contribution is -0.161. The maximum absolute atomic E-state index is 12.5. The van der Waals surface area contributed by atoms with Crippen LogP contribution in [-0.2, 0) is 28.2 Å². The topological polar surface area (TPSA) is 119 Å². The first-order chi connectivity index (χ1) is 27.5. The minimum Gasteiger partial charge on any atom is -0.462 e. The molecule has 57 heavy (non-hydrogen) atoms. The summed E-state index contributed by atoms with van der Waals surface area (Å²) < 4.78 is 26.5. The van der Waals surface area contributed by atoms with E-state index < -0.39 is 32.5 Å². The van der Waals surface area contributed by atoms with Crippen molar-refractivity contribution < 1.29 is 37.9 Å². The van der Waals surface area contributed by atoms with Gasteiger partial charge in [0.25, 0.3) is 0 Å². The van der Waals surface area contributed by atoms with E-state index in [-0.39, 0.29) is 19.4 Å². The standard InChI is InChI=1S/C48H95O8P/c1-5-45(4)39-35-31-27-23-19-15-10-8-6-7-9-11-16-20-24-28-32-36-40-47(49)54-42-46(43-55-57(51,52)53)56-48(50)41-37-33-29-25-21-17-13-12-14-18-22-26-30-34-38-44(2)3/h44-46H,5-43H2,1-4H3,(H2,51,52,53)/t45?,46-/m1/s1. The van der Waals surface area contributed by atoms with Crippen molar-refractivity contribution in [2.75, 3.05) is 13.2 Å². The maximum atomic E-state index is 12.5. The molecule has 0 bridgehead atoms. The molecule has 0 rings (SSSR count). The van der Waals surface area contributed by atoms with Gasteiger partial charge in [0.1, 0.15) is 6.61 Å². The van der Waals surface area contributed by atoms with Gasteiger partial charge in [0.15, 0.2) is 6.10 Å². The Morgan fingerprint density at radius 1 is 0.456 bits per heavy atom. The summed E-state index contributed by atoms with van der Waals surface area (Å²) in [4.78, 5) is 43.0. The van der Waals surface area contributed by atoms with Crippen LogP contribution in [0.3, 0.4) is 0 Å². The lowest BCUT2D eigenvalue weighted by Crippen LogP contribution is -2.29. The van der Waals surface area contributed by atoms with Crippen LogP contribution in [0.1, 0.15) is 265 Å². The normalized spacial score (nSPS) is 13.0. The van der Waals surface area contributed by atoms with E-state index >= 15 is 0 Å². The van der Waals surface area contributed by atoms with Crippen molar-refractivity contribution in [2.24, 2.45) is 11.8 Å². The predicted octanol–water partition coefficient (Wildman–Crippen LogP) is 15.3. The van der Waals surface area contributed by atoms with Gasteiger partial charge in [-0.05, 0) is 24.7 Å². The average molecular weight is 831 g/mol. The van der Waals surface area contributed by atoms with Gasteiger partial charge in [0.05, 0.1) is 6.61 Å². The van der Waals surface area contributed by atoms with Crippen LogP contribution in [0.15, 0.2) is 0 Å². The number of esters is 2. The predicted molar refractivity (Wildman–Crippen MR) is 239 cm³/mol. The summed E-state index contributed by atoms with van der Waals surface area (Å²) in [5.74, 6) is 0.867. The molecule has 340 valence electrons. The van der Waals surface area contributed by atoms with E-state index in [1.54, 1.807) is 0 Å². The van der Waals surface area contributed by atoms with E-state index in [2.05, 4.69) is 32.2 Å². The van der Waals surface area contributed by atoms with Crippen molar-refractivity contribution in [3.63, 3.8) is 0 Å². The molecule has 0 saturated carbocycles. The highest BCUT2D eigenvalue weighted by Gasteiger charge is 2.23. The molecule has 0 aromatic rings. The molecule has 0 radical (unpaired) electrons. The molecule has 0 aliphatic carbocycles. The number of unbranched alkanes of at least 4 members (excludes halogenated alkanes) is 30. The molecule has 0 aromatic heterocycles. The Morgan fingerprint density at radius 3 is 1.11 bits per heavy atom. The van der Waals surface area contributed by atoms with Crippen LogP contribution in [0.2, 0.25) is 0 Å². The Balaban J connectivity index is 3.78. The van der Waals surface area contributed by atoms with Crippen LogP contribution in [0, 0.1) is 11.8 Å². The zero-order chi connectivity index (χ0) is 42.1. The van der Waals surface area contributed by atoms with Gasteiger partial charge in [-0.2, -0.15) is 0 Å². The van der Waals surface area contributed by atoms with Crippen LogP contribution in [0.5, 0.6) is 0 Å². The van der Waals surface area contributed by atoms with E-state index in [1.165, 1.54) is 186 Å². The Hall–Kier alpha value is -0.950. The molecular formula is C48H95O8P. The molecule has 2 atom stereocenters. The van der Waals surface area contributed by atoms with Crippen LogP contribution < -0.4 is 0 Å². The van der Waals surface area contributed by atoms with E-state index in [1.807, 2.05) is 0 Å². The first kappa shape index (κ1) is 56.0. The van der Waals surface area contributed by atoms with Crippen molar-refractivity contribution in [3.8, 4) is 0 Å². The van der Waals surface area contributed by atoms with Crippen molar-refractivity contribution in [1.29, 1.82) is 0 Å². The molecule has 0 amide bonds. The van der Waals surface area contributed by atoms with Crippen LogP contribution in [0.4, 0.5) is 0 Å². The van der Waals surface area contributed by atoms with E-state index in [4.69, 9.17) is 19.3 Å². The number of hydrogen-bond acceptors (Lipinski definition) is 6. The van der Waals surface area contributed by atoms with Crippen LogP contribution in [0.25, 0.3) is 0 Å². The largest absolute Gasteiger partial charge is 0.469 e. The highest BCUT2D eigenvalue weighted by Crippen LogP contribution is 2.36. The van der Waals surface area contributed by atoms with Gasteiger partial charge < -0.3 is 19.3 Å². The summed E-state index contributed by atoms with van der Waals surface area (Å²) in [6.45, 7) is 8.47. The second kappa shape index (κ2) is 41.8. The second-order valence-electron chi connectivity index (χ2n) is 17.9. The Morgan fingerprint density at radius 2 is 0.772 bits per heavy atom. The summed E-state index contributed by atoms with van der Waals surface area (Å²) in [6.07, 6.45) is 44.0. The number of phosphoric acid groups is 1. The van der Waals surface area contributed by atoms with Gasteiger partial charge in [-0.25, -0.2) is 4.57 Å². The van der Waals surface area contributed by atoms with Crippen molar-refractivity contribution in [3.05, 3.63) is 0 Å². The van der Waals surface area contributed by atoms with Crippen LogP contribution in [-0.4, -0.2) is 41.0 Å². The molecule has 9 heteroatoms. The number of carbonyl (C=O) groups excluding carboxylic acids is 2. The van der Waals surface area contributed by atoms with Gasteiger partial charge in [-0.15, -0.1) is 0 Å². The zero-order valence-corrected chi connectivity index (χ0v) is 39.0. The molecule has 0 aliphatic heterocycles. The Kier molecular flexibility index (Phi) is 41.1. The highest BCUT2D eigenvalue weighted by molar-refractivity contribution is 7.46. The third kappa shape index (κ3) is 46.0. The third-order valence-corrected chi connectivity index (χ3v) is 12.1. The molecule has 0 saturated heterocycles. The molecule has 0 aliphatic rings. The van der Waals surface area contributed by atoms with E-state index in [0.29, 0.717) is 6.42 Å². The number of rotatable bonds is 45. The molecular weight excluding hydrogens is 735 g/mol. The van der Waals surface area contributed by atoms with Crippen LogP contribution >= 0.6 is 7.82 Å².